The van der Waals surface area contributed by atoms with E-state index in [4.69, 9.17) is 10.2 Å². The number of aliphatic hydroxyl groups excluding tert-OH is 2. The molecule has 0 amide bonds. The van der Waals surface area contributed by atoms with E-state index in [2.05, 4.69) is 0 Å². The van der Waals surface area contributed by atoms with E-state index < -0.39 is 17.7 Å². The fourth-order valence-electron chi connectivity index (χ4n) is 1.44. The molecule has 2 aromatic rings. The number of carbonyl (C=O) groups is 2. The third kappa shape index (κ3) is 5.69. The van der Waals surface area contributed by atoms with Crippen LogP contribution in [-0.4, -0.2) is 34.5 Å². The minimum Gasteiger partial charge on any atom is -0.394 e. The van der Waals surface area contributed by atoms with E-state index in [1.165, 1.54) is 6.92 Å². The molecular formula is C17H18O4. The van der Waals surface area contributed by atoms with E-state index >= 15 is 0 Å². The van der Waals surface area contributed by atoms with Crippen molar-refractivity contribution in [1.82, 2.24) is 0 Å². The highest BCUT2D eigenvalue weighted by atomic mass is 16.3. The van der Waals surface area contributed by atoms with Gasteiger partial charge in [-0.2, -0.15) is 0 Å². The predicted molar refractivity (Wildman–Crippen MR) is 80.3 cm³/mol. The van der Waals surface area contributed by atoms with Gasteiger partial charge in [-0.3, -0.25) is 9.59 Å². The number of ketones is 2. The summed E-state index contributed by atoms with van der Waals surface area (Å²) in [6.45, 7) is 1.39. The summed E-state index contributed by atoms with van der Waals surface area (Å²) in [5.41, 5.74) is 0.854. The molecule has 4 nitrogen and oxygen atoms in total. The van der Waals surface area contributed by atoms with E-state index in [1.54, 1.807) is 48.5 Å². The van der Waals surface area contributed by atoms with Crippen LogP contribution in [0.2, 0.25) is 0 Å². The van der Waals surface area contributed by atoms with Crippen molar-refractivity contribution >= 4 is 11.6 Å². The summed E-state index contributed by atoms with van der Waals surface area (Å²) in [6.07, 6.45) is -0.560. The fourth-order valence-corrected chi connectivity index (χ4v) is 1.44. The molecule has 1 unspecified atom stereocenters. The number of hydrogen-bond acceptors (Lipinski definition) is 4. The maximum absolute atomic E-state index is 11.8. The molecule has 0 saturated heterocycles. The zero-order valence-corrected chi connectivity index (χ0v) is 11.8. The SMILES string of the molecule is CC(O)CO.O=C(C(=O)c1ccccc1)c1ccccc1. The summed E-state index contributed by atoms with van der Waals surface area (Å²) in [5.74, 6) is -0.932. The molecule has 0 spiro atoms. The van der Waals surface area contributed by atoms with Crippen LogP contribution in [0.5, 0.6) is 0 Å². The lowest BCUT2D eigenvalue weighted by atomic mass is 10.0. The molecule has 0 saturated carbocycles. The Morgan fingerprint density at radius 1 is 0.857 bits per heavy atom. The quantitative estimate of drug-likeness (QED) is 0.667. The molecule has 110 valence electrons. The number of aliphatic hydroxyl groups is 2. The molecule has 2 rings (SSSR count). The van der Waals surface area contributed by atoms with Crippen LogP contribution in [0.4, 0.5) is 0 Å². The maximum Gasteiger partial charge on any atom is 0.233 e. The molecule has 21 heavy (non-hydrogen) atoms. The molecule has 0 aliphatic heterocycles. The van der Waals surface area contributed by atoms with Crippen molar-refractivity contribution in [2.45, 2.75) is 13.0 Å². The fraction of sp³-hybridized carbons (Fsp3) is 0.176. The van der Waals surface area contributed by atoms with Crippen LogP contribution in [0, 0.1) is 0 Å². The molecular weight excluding hydrogens is 268 g/mol. The molecule has 0 fully saturated rings. The van der Waals surface area contributed by atoms with Crippen molar-refractivity contribution in [3.63, 3.8) is 0 Å². The zero-order chi connectivity index (χ0) is 15.7. The van der Waals surface area contributed by atoms with Crippen molar-refractivity contribution in [3.05, 3.63) is 71.8 Å². The van der Waals surface area contributed by atoms with Gasteiger partial charge in [0.15, 0.2) is 0 Å². The Morgan fingerprint density at radius 3 is 1.38 bits per heavy atom. The Morgan fingerprint density at radius 2 is 1.14 bits per heavy atom. The normalized spacial score (nSPS) is 11.0. The van der Waals surface area contributed by atoms with E-state index in [0.717, 1.165) is 0 Å². The van der Waals surface area contributed by atoms with Crippen LogP contribution >= 0.6 is 0 Å². The van der Waals surface area contributed by atoms with Crippen LogP contribution < -0.4 is 0 Å². The van der Waals surface area contributed by atoms with Crippen molar-refractivity contribution in [1.29, 1.82) is 0 Å². The van der Waals surface area contributed by atoms with Gasteiger partial charge < -0.3 is 10.2 Å². The molecule has 1 atom stereocenters. The number of benzene rings is 2. The van der Waals surface area contributed by atoms with Crippen LogP contribution in [0.25, 0.3) is 0 Å². The Labute approximate surface area is 123 Å². The summed E-state index contributed by atoms with van der Waals surface area (Å²) in [7, 11) is 0. The van der Waals surface area contributed by atoms with Crippen LogP contribution in [0.15, 0.2) is 60.7 Å². The van der Waals surface area contributed by atoms with Gasteiger partial charge in [-0.05, 0) is 6.92 Å². The average molecular weight is 286 g/mol. The molecule has 0 aliphatic carbocycles. The zero-order valence-electron chi connectivity index (χ0n) is 11.8. The topological polar surface area (TPSA) is 74.6 Å². The number of rotatable bonds is 4. The second kappa shape index (κ2) is 8.79. The first kappa shape index (κ1) is 16.8. The summed E-state index contributed by atoms with van der Waals surface area (Å²) >= 11 is 0. The molecule has 4 heteroatoms. The lowest BCUT2D eigenvalue weighted by molar-refractivity contribution is 0.0817. The minimum atomic E-state index is -0.560. The lowest BCUT2D eigenvalue weighted by Gasteiger charge is -1.99. The average Bonchev–Trinajstić information content (AvgIpc) is 2.55. The van der Waals surface area contributed by atoms with E-state index in [-0.39, 0.29) is 6.61 Å². The highest BCUT2D eigenvalue weighted by Crippen LogP contribution is 2.07. The van der Waals surface area contributed by atoms with Gasteiger partial charge >= 0.3 is 0 Å². The van der Waals surface area contributed by atoms with Gasteiger partial charge in [-0.1, -0.05) is 60.7 Å². The first-order valence-electron chi connectivity index (χ1n) is 6.54. The molecule has 0 radical (unpaired) electrons. The summed E-state index contributed by atoms with van der Waals surface area (Å²) in [4.78, 5) is 23.6. The first-order valence-corrected chi connectivity index (χ1v) is 6.54. The molecule has 0 bridgehead atoms. The smallest absolute Gasteiger partial charge is 0.233 e. The third-order valence-corrected chi connectivity index (χ3v) is 2.54. The summed E-state index contributed by atoms with van der Waals surface area (Å²) in [5, 5.41) is 16.0. The number of Topliss-reactive ketones (excluding diaryl/α,β-unsaturated/α-hetero) is 2. The van der Waals surface area contributed by atoms with E-state index in [9.17, 15) is 9.59 Å². The monoisotopic (exact) mass is 286 g/mol. The first-order chi connectivity index (χ1) is 10.1. The van der Waals surface area contributed by atoms with Gasteiger partial charge in [0, 0.05) is 11.1 Å². The van der Waals surface area contributed by atoms with Crippen molar-refractivity contribution in [2.75, 3.05) is 6.61 Å². The van der Waals surface area contributed by atoms with Gasteiger partial charge in [-0.15, -0.1) is 0 Å². The third-order valence-electron chi connectivity index (χ3n) is 2.54. The van der Waals surface area contributed by atoms with Gasteiger partial charge in [0.05, 0.1) is 12.7 Å². The number of hydrogen-bond donors (Lipinski definition) is 2. The predicted octanol–water partition coefficient (Wildman–Crippen LogP) is 2.11. The standard InChI is InChI=1S/C14H10O2.C3H8O2/c15-13(11-7-3-1-4-8-11)14(16)12-9-5-2-6-10-12;1-3(5)2-4/h1-10H;3-5H,2H2,1H3. The van der Waals surface area contributed by atoms with Gasteiger partial charge in [0.25, 0.3) is 0 Å². The molecule has 0 heterocycles. The Hall–Kier alpha value is -2.30. The lowest BCUT2D eigenvalue weighted by Crippen LogP contribution is -2.14. The van der Waals surface area contributed by atoms with Gasteiger partial charge in [-0.25, -0.2) is 0 Å². The molecule has 2 N–H and O–H groups in total. The summed E-state index contributed by atoms with van der Waals surface area (Å²) in [6, 6.07) is 17.2. The highest BCUT2D eigenvalue weighted by Gasteiger charge is 2.16. The summed E-state index contributed by atoms with van der Waals surface area (Å²) < 4.78 is 0. The largest absolute Gasteiger partial charge is 0.394 e. The molecule has 0 aliphatic rings. The van der Waals surface area contributed by atoms with Gasteiger partial charge in [0.1, 0.15) is 0 Å². The Bertz CT molecular complexity index is 512. The molecule has 0 aromatic heterocycles. The van der Waals surface area contributed by atoms with E-state index in [1.807, 2.05) is 12.1 Å². The second-order valence-electron chi connectivity index (χ2n) is 4.42. The van der Waals surface area contributed by atoms with Crippen molar-refractivity contribution < 1.29 is 19.8 Å². The molecule has 2 aromatic carbocycles. The van der Waals surface area contributed by atoms with Crippen LogP contribution in [0.1, 0.15) is 27.6 Å². The Kier molecular flexibility index (Phi) is 7.01. The van der Waals surface area contributed by atoms with Crippen molar-refractivity contribution in [3.8, 4) is 0 Å². The van der Waals surface area contributed by atoms with Gasteiger partial charge in [0.2, 0.25) is 11.6 Å². The van der Waals surface area contributed by atoms with Crippen LogP contribution in [-0.2, 0) is 0 Å². The van der Waals surface area contributed by atoms with E-state index in [0.29, 0.717) is 11.1 Å². The minimum absolute atomic E-state index is 0.139. The highest BCUT2D eigenvalue weighted by molar-refractivity contribution is 6.49. The number of carbonyl (C=O) groups excluding carboxylic acids is 2. The maximum atomic E-state index is 11.8. The van der Waals surface area contributed by atoms with Crippen LogP contribution in [0.3, 0.4) is 0 Å². The van der Waals surface area contributed by atoms with Crippen molar-refractivity contribution in [2.24, 2.45) is 0 Å². The Balaban J connectivity index is 0.000000383. The second-order valence-corrected chi connectivity index (χ2v) is 4.42.